The minimum atomic E-state index is 0.404. The van der Waals surface area contributed by atoms with Crippen LogP contribution < -0.4 is 10.1 Å². The third-order valence-electron chi connectivity index (χ3n) is 3.25. The van der Waals surface area contributed by atoms with E-state index in [2.05, 4.69) is 5.32 Å². The van der Waals surface area contributed by atoms with E-state index in [9.17, 15) is 0 Å². The first-order valence-corrected chi connectivity index (χ1v) is 6.91. The zero-order valence-electron chi connectivity index (χ0n) is 11.6. The molecule has 1 aromatic carbocycles. The average molecular weight is 265 g/mol. The summed E-state index contributed by atoms with van der Waals surface area (Å²) >= 11 is 0. The van der Waals surface area contributed by atoms with Gasteiger partial charge in [0.15, 0.2) is 0 Å². The van der Waals surface area contributed by atoms with Crippen LogP contribution in [0, 0.1) is 0 Å². The molecule has 0 radical (unpaired) electrons. The van der Waals surface area contributed by atoms with E-state index in [-0.39, 0.29) is 0 Å². The summed E-state index contributed by atoms with van der Waals surface area (Å²) in [6.45, 7) is 4.09. The predicted molar refractivity (Wildman–Crippen MR) is 74.5 cm³/mol. The molecule has 0 aliphatic carbocycles. The summed E-state index contributed by atoms with van der Waals surface area (Å²) in [5, 5.41) is 3.36. The highest BCUT2D eigenvalue weighted by Gasteiger charge is 2.13. The Morgan fingerprint density at radius 3 is 2.84 bits per heavy atom. The maximum atomic E-state index is 5.61. The van der Waals surface area contributed by atoms with E-state index in [0.29, 0.717) is 12.7 Å². The second-order valence-corrected chi connectivity index (χ2v) is 4.74. The first kappa shape index (κ1) is 14.3. The molecule has 0 spiro atoms. The van der Waals surface area contributed by atoms with E-state index in [1.165, 1.54) is 18.4 Å². The van der Waals surface area contributed by atoms with Gasteiger partial charge in [0, 0.05) is 19.7 Å². The lowest BCUT2D eigenvalue weighted by Crippen LogP contribution is -2.29. The van der Waals surface area contributed by atoms with Crippen molar-refractivity contribution in [2.24, 2.45) is 0 Å². The van der Waals surface area contributed by atoms with Crippen molar-refractivity contribution in [3.8, 4) is 5.75 Å². The van der Waals surface area contributed by atoms with Crippen molar-refractivity contribution < 1.29 is 14.2 Å². The molecular formula is C15H23NO3. The monoisotopic (exact) mass is 265 g/mol. The average Bonchev–Trinajstić information content (AvgIpc) is 2.96. The van der Waals surface area contributed by atoms with Crippen LogP contribution in [0.1, 0.15) is 18.4 Å². The quantitative estimate of drug-likeness (QED) is 0.730. The second-order valence-electron chi connectivity index (χ2n) is 4.74. The standard InChI is InChI=1S/C15H23NO3/c1-17-14-6-4-13(5-7-14)12-18-10-8-16-11-15-3-2-9-19-15/h4-7,15-16H,2-3,8-12H2,1H3. The third kappa shape index (κ3) is 5.19. The fraction of sp³-hybridized carbons (Fsp3) is 0.600. The zero-order valence-corrected chi connectivity index (χ0v) is 11.6. The topological polar surface area (TPSA) is 39.7 Å². The first-order chi connectivity index (χ1) is 9.38. The highest BCUT2D eigenvalue weighted by atomic mass is 16.5. The van der Waals surface area contributed by atoms with Crippen LogP contribution in [0.2, 0.25) is 0 Å². The highest BCUT2D eigenvalue weighted by molar-refractivity contribution is 5.26. The van der Waals surface area contributed by atoms with Crippen molar-refractivity contribution >= 4 is 0 Å². The molecule has 1 aliphatic heterocycles. The van der Waals surface area contributed by atoms with Crippen molar-refractivity contribution in [3.05, 3.63) is 29.8 Å². The van der Waals surface area contributed by atoms with Gasteiger partial charge < -0.3 is 19.5 Å². The Morgan fingerprint density at radius 1 is 1.32 bits per heavy atom. The molecule has 1 saturated heterocycles. The zero-order chi connectivity index (χ0) is 13.3. The number of methoxy groups -OCH3 is 1. The summed E-state index contributed by atoms with van der Waals surface area (Å²) in [4.78, 5) is 0. The van der Waals surface area contributed by atoms with E-state index < -0.39 is 0 Å². The van der Waals surface area contributed by atoms with E-state index in [0.717, 1.165) is 32.1 Å². The van der Waals surface area contributed by atoms with E-state index in [1.54, 1.807) is 7.11 Å². The Kier molecular flexibility index (Phi) is 6.14. The van der Waals surface area contributed by atoms with Crippen molar-refractivity contribution in [2.75, 3.05) is 33.4 Å². The molecule has 0 amide bonds. The largest absolute Gasteiger partial charge is 0.497 e. The van der Waals surface area contributed by atoms with Gasteiger partial charge in [0.2, 0.25) is 0 Å². The summed E-state index contributed by atoms with van der Waals surface area (Å²) in [5.41, 5.74) is 1.17. The summed E-state index contributed by atoms with van der Waals surface area (Å²) in [5.74, 6) is 0.877. The summed E-state index contributed by atoms with van der Waals surface area (Å²) in [6, 6.07) is 7.96. The Morgan fingerprint density at radius 2 is 2.16 bits per heavy atom. The second kappa shape index (κ2) is 8.15. The molecule has 19 heavy (non-hydrogen) atoms. The molecule has 1 atom stereocenters. The van der Waals surface area contributed by atoms with Crippen LogP contribution in [-0.2, 0) is 16.1 Å². The molecule has 1 unspecified atom stereocenters. The molecule has 0 aromatic heterocycles. The summed E-state index contributed by atoms with van der Waals surface area (Å²) < 4.78 is 16.3. The number of hydrogen-bond donors (Lipinski definition) is 1. The van der Waals surface area contributed by atoms with Gasteiger partial charge in [-0.05, 0) is 30.5 Å². The lowest BCUT2D eigenvalue weighted by molar-refractivity contribution is 0.0985. The lowest BCUT2D eigenvalue weighted by Gasteiger charge is -2.11. The van der Waals surface area contributed by atoms with Gasteiger partial charge >= 0.3 is 0 Å². The van der Waals surface area contributed by atoms with Gasteiger partial charge in [-0.15, -0.1) is 0 Å². The molecule has 1 aromatic rings. The number of hydrogen-bond acceptors (Lipinski definition) is 4. The number of rotatable bonds is 8. The van der Waals surface area contributed by atoms with Crippen molar-refractivity contribution in [1.82, 2.24) is 5.32 Å². The molecule has 0 bridgehead atoms. The number of nitrogens with one attached hydrogen (secondary N) is 1. The van der Waals surface area contributed by atoms with Crippen molar-refractivity contribution in [2.45, 2.75) is 25.6 Å². The van der Waals surface area contributed by atoms with Gasteiger partial charge in [0.25, 0.3) is 0 Å². The molecular weight excluding hydrogens is 242 g/mol. The van der Waals surface area contributed by atoms with Crippen molar-refractivity contribution in [1.29, 1.82) is 0 Å². The Hall–Kier alpha value is -1.10. The number of benzene rings is 1. The SMILES string of the molecule is COc1ccc(COCCNCC2CCCO2)cc1. The van der Waals surface area contributed by atoms with E-state index in [1.807, 2.05) is 24.3 Å². The molecule has 1 aliphatic rings. The fourth-order valence-corrected chi connectivity index (χ4v) is 2.12. The predicted octanol–water partition coefficient (Wildman–Crippen LogP) is 1.98. The Labute approximate surface area is 115 Å². The Balaban J connectivity index is 1.51. The van der Waals surface area contributed by atoms with Gasteiger partial charge in [-0.3, -0.25) is 0 Å². The maximum absolute atomic E-state index is 5.61. The van der Waals surface area contributed by atoms with Crippen molar-refractivity contribution in [3.63, 3.8) is 0 Å². The molecule has 1 N–H and O–H groups in total. The molecule has 106 valence electrons. The normalized spacial score (nSPS) is 18.7. The molecule has 1 heterocycles. The minimum Gasteiger partial charge on any atom is -0.497 e. The van der Waals surface area contributed by atoms with Gasteiger partial charge in [-0.1, -0.05) is 12.1 Å². The van der Waals surface area contributed by atoms with Crippen LogP contribution in [0.15, 0.2) is 24.3 Å². The van der Waals surface area contributed by atoms with E-state index in [4.69, 9.17) is 14.2 Å². The summed E-state index contributed by atoms with van der Waals surface area (Å²) in [6.07, 6.45) is 2.78. The fourth-order valence-electron chi connectivity index (χ4n) is 2.12. The van der Waals surface area contributed by atoms with Gasteiger partial charge in [-0.25, -0.2) is 0 Å². The van der Waals surface area contributed by atoms with Crippen LogP contribution in [-0.4, -0.2) is 39.5 Å². The molecule has 2 rings (SSSR count). The molecule has 0 saturated carbocycles. The molecule has 4 heteroatoms. The van der Waals surface area contributed by atoms with Crippen LogP contribution in [0.4, 0.5) is 0 Å². The smallest absolute Gasteiger partial charge is 0.118 e. The number of ether oxygens (including phenoxy) is 3. The molecule has 4 nitrogen and oxygen atoms in total. The van der Waals surface area contributed by atoms with Gasteiger partial charge in [0.05, 0.1) is 26.4 Å². The minimum absolute atomic E-state index is 0.404. The first-order valence-electron chi connectivity index (χ1n) is 6.91. The molecule has 1 fully saturated rings. The highest BCUT2D eigenvalue weighted by Crippen LogP contribution is 2.12. The van der Waals surface area contributed by atoms with Crippen LogP contribution in [0.25, 0.3) is 0 Å². The van der Waals surface area contributed by atoms with E-state index >= 15 is 0 Å². The van der Waals surface area contributed by atoms with Crippen LogP contribution >= 0.6 is 0 Å². The van der Waals surface area contributed by atoms with Crippen LogP contribution in [0.3, 0.4) is 0 Å². The lowest BCUT2D eigenvalue weighted by atomic mass is 10.2. The van der Waals surface area contributed by atoms with Crippen LogP contribution in [0.5, 0.6) is 5.75 Å². The Bertz CT molecular complexity index is 347. The summed E-state index contributed by atoms with van der Waals surface area (Å²) in [7, 11) is 1.67. The maximum Gasteiger partial charge on any atom is 0.118 e. The third-order valence-corrected chi connectivity index (χ3v) is 3.25. The van der Waals surface area contributed by atoms with Gasteiger partial charge in [-0.2, -0.15) is 0 Å². The van der Waals surface area contributed by atoms with Gasteiger partial charge in [0.1, 0.15) is 5.75 Å².